The van der Waals surface area contributed by atoms with Gasteiger partial charge in [-0.2, -0.15) is 11.3 Å². The Morgan fingerprint density at radius 3 is 2.86 bits per heavy atom. The van der Waals surface area contributed by atoms with Crippen LogP contribution >= 0.6 is 11.3 Å². The number of ether oxygens (including phenoxy) is 1. The lowest BCUT2D eigenvalue weighted by Gasteiger charge is -2.33. The van der Waals surface area contributed by atoms with Crippen LogP contribution in [0.3, 0.4) is 0 Å². The van der Waals surface area contributed by atoms with E-state index in [0.717, 1.165) is 24.9 Å². The van der Waals surface area contributed by atoms with Crippen LogP contribution in [0.15, 0.2) is 16.8 Å². The molecule has 1 aliphatic heterocycles. The van der Waals surface area contributed by atoms with Gasteiger partial charge in [0.1, 0.15) is 5.60 Å². The van der Waals surface area contributed by atoms with Gasteiger partial charge in [-0.05, 0) is 51.0 Å². The molecule has 1 aliphatic rings. The van der Waals surface area contributed by atoms with E-state index in [2.05, 4.69) is 5.32 Å². The summed E-state index contributed by atoms with van der Waals surface area (Å²) in [6, 6.07) is 1.86. The fourth-order valence-electron chi connectivity index (χ4n) is 2.53. The van der Waals surface area contributed by atoms with Crippen LogP contribution in [-0.4, -0.2) is 42.1 Å². The molecule has 0 aliphatic carbocycles. The van der Waals surface area contributed by atoms with Gasteiger partial charge in [-0.3, -0.25) is 4.79 Å². The highest BCUT2D eigenvalue weighted by atomic mass is 32.1. The Hall–Kier alpha value is -1.56. The molecule has 22 heavy (non-hydrogen) atoms. The topological polar surface area (TPSA) is 58.6 Å². The third-order valence-corrected chi connectivity index (χ3v) is 4.19. The van der Waals surface area contributed by atoms with Gasteiger partial charge in [0, 0.05) is 25.0 Å². The van der Waals surface area contributed by atoms with Crippen molar-refractivity contribution in [3.63, 3.8) is 0 Å². The fraction of sp³-hybridized carbons (Fsp3) is 0.625. The minimum atomic E-state index is -0.488. The van der Waals surface area contributed by atoms with Crippen LogP contribution in [0.25, 0.3) is 0 Å². The number of hydrogen-bond donors (Lipinski definition) is 1. The Labute approximate surface area is 135 Å². The smallest absolute Gasteiger partial charge is 0.407 e. The molecule has 0 bridgehead atoms. The number of likely N-dealkylation sites (tertiary alicyclic amines) is 1. The third-order valence-electron chi connectivity index (χ3n) is 3.51. The fourth-order valence-corrected chi connectivity index (χ4v) is 3.16. The molecule has 1 aromatic heterocycles. The largest absolute Gasteiger partial charge is 0.444 e. The maximum Gasteiger partial charge on any atom is 0.407 e. The van der Waals surface area contributed by atoms with Crippen LogP contribution in [0.5, 0.6) is 0 Å². The van der Waals surface area contributed by atoms with E-state index in [4.69, 9.17) is 4.74 Å². The van der Waals surface area contributed by atoms with Gasteiger partial charge < -0.3 is 15.0 Å². The first-order chi connectivity index (χ1) is 10.3. The number of carbonyl (C=O) groups is 2. The van der Waals surface area contributed by atoms with E-state index >= 15 is 0 Å². The van der Waals surface area contributed by atoms with E-state index in [9.17, 15) is 9.59 Å². The number of nitrogens with one attached hydrogen (secondary N) is 1. The zero-order valence-corrected chi connectivity index (χ0v) is 14.2. The molecule has 2 amide bonds. The molecular weight excluding hydrogens is 300 g/mol. The van der Waals surface area contributed by atoms with Crippen molar-refractivity contribution in [2.45, 2.75) is 39.2 Å². The molecule has 122 valence electrons. The van der Waals surface area contributed by atoms with Crippen LogP contribution in [0.4, 0.5) is 4.79 Å². The molecule has 2 heterocycles. The van der Waals surface area contributed by atoms with Gasteiger partial charge in [0.2, 0.25) is 0 Å². The van der Waals surface area contributed by atoms with Crippen molar-refractivity contribution in [1.29, 1.82) is 0 Å². The van der Waals surface area contributed by atoms with E-state index in [0.29, 0.717) is 13.1 Å². The molecule has 1 atom stereocenters. The van der Waals surface area contributed by atoms with Gasteiger partial charge in [-0.25, -0.2) is 4.79 Å². The summed E-state index contributed by atoms with van der Waals surface area (Å²) in [5, 5.41) is 6.60. The van der Waals surface area contributed by atoms with Crippen molar-refractivity contribution in [1.82, 2.24) is 10.2 Å². The van der Waals surface area contributed by atoms with Crippen molar-refractivity contribution in [3.8, 4) is 0 Å². The molecule has 1 aromatic rings. The zero-order valence-electron chi connectivity index (χ0n) is 13.4. The van der Waals surface area contributed by atoms with E-state index in [1.54, 1.807) is 0 Å². The highest BCUT2D eigenvalue weighted by Gasteiger charge is 2.25. The molecule has 1 fully saturated rings. The lowest BCUT2D eigenvalue weighted by Crippen LogP contribution is -2.44. The summed E-state index contributed by atoms with van der Waals surface area (Å²) >= 11 is 1.53. The lowest BCUT2D eigenvalue weighted by atomic mass is 9.97. The number of amides is 2. The highest BCUT2D eigenvalue weighted by Crippen LogP contribution is 2.19. The predicted octanol–water partition coefficient (Wildman–Crippen LogP) is 3.13. The summed E-state index contributed by atoms with van der Waals surface area (Å²) in [7, 11) is 0. The molecule has 5 nitrogen and oxygen atoms in total. The van der Waals surface area contributed by atoms with Crippen molar-refractivity contribution in [3.05, 3.63) is 22.4 Å². The minimum Gasteiger partial charge on any atom is -0.444 e. The molecule has 6 heteroatoms. The molecule has 0 unspecified atom stereocenters. The Morgan fingerprint density at radius 2 is 2.23 bits per heavy atom. The molecule has 2 rings (SSSR count). The summed E-state index contributed by atoms with van der Waals surface area (Å²) in [5.41, 5.74) is 0.267. The van der Waals surface area contributed by atoms with Crippen LogP contribution in [0, 0.1) is 5.92 Å². The van der Waals surface area contributed by atoms with Gasteiger partial charge in [0.15, 0.2) is 0 Å². The first-order valence-corrected chi connectivity index (χ1v) is 8.58. The van der Waals surface area contributed by atoms with Crippen molar-refractivity contribution >= 4 is 23.3 Å². The first-order valence-electron chi connectivity index (χ1n) is 7.63. The Bertz CT molecular complexity index is 508. The summed E-state index contributed by atoms with van der Waals surface area (Å²) < 4.78 is 5.23. The Morgan fingerprint density at radius 1 is 1.45 bits per heavy atom. The maximum absolute atomic E-state index is 12.4. The first kappa shape index (κ1) is 16.8. The number of hydrogen-bond acceptors (Lipinski definition) is 4. The van der Waals surface area contributed by atoms with Crippen molar-refractivity contribution in [2.75, 3.05) is 19.6 Å². The lowest BCUT2D eigenvalue weighted by molar-refractivity contribution is 0.0502. The summed E-state index contributed by atoms with van der Waals surface area (Å²) in [6.07, 6.45) is 1.59. The van der Waals surface area contributed by atoms with E-state index < -0.39 is 11.7 Å². The van der Waals surface area contributed by atoms with Crippen molar-refractivity contribution in [2.24, 2.45) is 5.92 Å². The van der Waals surface area contributed by atoms with Crippen LogP contribution in [-0.2, 0) is 4.74 Å². The number of nitrogens with zero attached hydrogens (tertiary/aromatic N) is 1. The summed E-state index contributed by atoms with van der Waals surface area (Å²) in [6.45, 7) is 7.54. The number of carbonyl (C=O) groups excluding carboxylic acids is 2. The number of rotatable bonds is 3. The number of piperidine rings is 1. The normalized spacial score (nSPS) is 18.9. The van der Waals surface area contributed by atoms with Gasteiger partial charge >= 0.3 is 6.09 Å². The van der Waals surface area contributed by atoms with Crippen molar-refractivity contribution < 1.29 is 14.3 Å². The Kier molecular flexibility index (Phi) is 5.45. The summed E-state index contributed by atoms with van der Waals surface area (Å²) in [4.78, 5) is 25.9. The van der Waals surface area contributed by atoms with Crippen LogP contribution in [0.1, 0.15) is 44.0 Å². The number of thiophene rings is 1. The SMILES string of the molecule is CC(C)(C)OC(=O)NC[C@@H]1CCCN(C(=O)c2ccsc2)C1. The second-order valence-corrected chi connectivity index (χ2v) is 7.43. The van der Waals surface area contributed by atoms with Gasteiger partial charge in [0.25, 0.3) is 5.91 Å². The van der Waals surface area contributed by atoms with Gasteiger partial charge in [-0.15, -0.1) is 0 Å². The minimum absolute atomic E-state index is 0.0863. The Balaban J connectivity index is 1.81. The molecule has 0 spiro atoms. The monoisotopic (exact) mass is 324 g/mol. The quantitative estimate of drug-likeness (QED) is 0.929. The average Bonchev–Trinajstić information content (AvgIpc) is 2.97. The zero-order chi connectivity index (χ0) is 16.2. The average molecular weight is 324 g/mol. The summed E-state index contributed by atoms with van der Waals surface area (Å²) in [5.74, 6) is 0.368. The molecule has 0 radical (unpaired) electrons. The molecule has 1 saturated heterocycles. The van der Waals surface area contributed by atoms with Crippen LogP contribution in [0.2, 0.25) is 0 Å². The van der Waals surface area contributed by atoms with E-state index in [-0.39, 0.29) is 11.8 Å². The molecular formula is C16H24N2O3S. The molecule has 0 saturated carbocycles. The van der Waals surface area contributed by atoms with Gasteiger partial charge in [-0.1, -0.05) is 0 Å². The predicted molar refractivity (Wildman–Crippen MR) is 87.2 cm³/mol. The second-order valence-electron chi connectivity index (χ2n) is 6.65. The van der Waals surface area contributed by atoms with Crippen LogP contribution < -0.4 is 5.32 Å². The van der Waals surface area contributed by atoms with E-state index in [1.807, 2.05) is 42.5 Å². The molecule has 0 aromatic carbocycles. The second kappa shape index (κ2) is 7.13. The molecule has 1 N–H and O–H groups in total. The maximum atomic E-state index is 12.4. The van der Waals surface area contributed by atoms with E-state index in [1.165, 1.54) is 11.3 Å². The number of alkyl carbamates (subject to hydrolysis) is 1. The standard InChI is InChI=1S/C16H24N2O3S/c1-16(2,3)21-15(20)17-9-12-5-4-7-18(10-12)14(19)13-6-8-22-11-13/h6,8,11-12H,4-5,7,9-10H2,1-3H3,(H,17,20)/t12-/m0/s1. The highest BCUT2D eigenvalue weighted by molar-refractivity contribution is 7.08. The van der Waals surface area contributed by atoms with Gasteiger partial charge in [0.05, 0.1) is 5.56 Å². The third kappa shape index (κ3) is 5.02.